The van der Waals surface area contributed by atoms with Crippen LogP contribution in [0.4, 0.5) is 0 Å². The van der Waals surface area contributed by atoms with E-state index < -0.39 is 10.0 Å². The first-order chi connectivity index (χ1) is 6.01. The zero-order valence-electron chi connectivity index (χ0n) is 8.23. The fourth-order valence-corrected chi connectivity index (χ4v) is 3.62. The molecular formula is C9H17NO2S. The first-order valence-corrected chi connectivity index (χ1v) is 6.51. The van der Waals surface area contributed by atoms with E-state index in [4.69, 9.17) is 0 Å². The lowest BCUT2D eigenvalue weighted by Gasteiger charge is -2.27. The molecule has 1 heterocycles. The normalized spacial score (nSPS) is 34.7. The standard InChI is InChI=1S/C9H17NO2S/c1-7(2)13(11,12)10-5-8-3-4-9(8)6-10/h7-9H,3-6H2,1-2H3. The lowest BCUT2D eigenvalue weighted by molar-refractivity contribution is 0.243. The van der Waals surface area contributed by atoms with E-state index in [-0.39, 0.29) is 5.25 Å². The molecule has 0 amide bonds. The summed E-state index contributed by atoms with van der Waals surface area (Å²) in [5.41, 5.74) is 0. The molecule has 1 saturated heterocycles. The molecule has 2 rings (SSSR count). The van der Waals surface area contributed by atoms with Crippen molar-refractivity contribution >= 4 is 10.0 Å². The highest BCUT2D eigenvalue weighted by Gasteiger charge is 2.43. The second-order valence-electron chi connectivity index (χ2n) is 4.51. The Morgan fingerprint density at radius 3 is 1.92 bits per heavy atom. The summed E-state index contributed by atoms with van der Waals surface area (Å²) in [6.07, 6.45) is 2.46. The van der Waals surface area contributed by atoms with Crippen LogP contribution in [0.15, 0.2) is 0 Å². The van der Waals surface area contributed by atoms with E-state index in [1.807, 2.05) is 0 Å². The first kappa shape index (κ1) is 9.46. The Morgan fingerprint density at radius 1 is 1.15 bits per heavy atom. The molecule has 76 valence electrons. The van der Waals surface area contributed by atoms with E-state index in [0.29, 0.717) is 11.8 Å². The minimum absolute atomic E-state index is 0.259. The average Bonchev–Trinajstić information content (AvgIpc) is 2.28. The van der Waals surface area contributed by atoms with E-state index in [9.17, 15) is 8.42 Å². The highest BCUT2D eigenvalue weighted by molar-refractivity contribution is 7.89. The second kappa shape index (κ2) is 2.95. The van der Waals surface area contributed by atoms with Crippen molar-refractivity contribution in [2.45, 2.75) is 31.9 Å². The number of sulfonamides is 1. The number of nitrogens with zero attached hydrogens (tertiary/aromatic N) is 1. The minimum atomic E-state index is -2.97. The molecule has 0 aromatic carbocycles. The van der Waals surface area contributed by atoms with Crippen LogP contribution in [-0.4, -0.2) is 31.1 Å². The van der Waals surface area contributed by atoms with Gasteiger partial charge in [0.25, 0.3) is 0 Å². The third kappa shape index (κ3) is 1.40. The minimum Gasteiger partial charge on any atom is -0.212 e. The quantitative estimate of drug-likeness (QED) is 0.673. The van der Waals surface area contributed by atoms with Crippen LogP contribution in [-0.2, 0) is 10.0 Å². The molecular weight excluding hydrogens is 186 g/mol. The largest absolute Gasteiger partial charge is 0.216 e. The Morgan fingerprint density at radius 2 is 1.62 bits per heavy atom. The van der Waals surface area contributed by atoms with Gasteiger partial charge in [-0.15, -0.1) is 0 Å². The third-order valence-electron chi connectivity index (χ3n) is 3.41. The van der Waals surface area contributed by atoms with Crippen LogP contribution in [0, 0.1) is 11.8 Å². The van der Waals surface area contributed by atoms with Gasteiger partial charge in [0.15, 0.2) is 0 Å². The number of hydrogen-bond donors (Lipinski definition) is 0. The first-order valence-electron chi connectivity index (χ1n) is 5.01. The monoisotopic (exact) mass is 203 g/mol. The molecule has 2 fully saturated rings. The molecule has 0 radical (unpaired) electrons. The van der Waals surface area contributed by atoms with E-state index in [1.165, 1.54) is 12.8 Å². The molecule has 2 aliphatic rings. The van der Waals surface area contributed by atoms with Crippen LogP contribution in [0.3, 0.4) is 0 Å². The number of hydrogen-bond acceptors (Lipinski definition) is 2. The molecule has 1 aliphatic heterocycles. The molecule has 2 atom stereocenters. The predicted molar refractivity (Wildman–Crippen MR) is 51.8 cm³/mol. The van der Waals surface area contributed by atoms with Crippen molar-refractivity contribution in [3.05, 3.63) is 0 Å². The van der Waals surface area contributed by atoms with Crippen molar-refractivity contribution in [1.29, 1.82) is 0 Å². The summed E-state index contributed by atoms with van der Waals surface area (Å²) in [6.45, 7) is 5.08. The van der Waals surface area contributed by atoms with Gasteiger partial charge in [-0.05, 0) is 38.5 Å². The SMILES string of the molecule is CC(C)S(=O)(=O)N1CC2CCC2C1. The highest BCUT2D eigenvalue weighted by atomic mass is 32.2. The van der Waals surface area contributed by atoms with Crippen molar-refractivity contribution in [2.75, 3.05) is 13.1 Å². The molecule has 2 unspecified atom stereocenters. The summed E-state index contributed by atoms with van der Waals surface area (Å²) < 4.78 is 25.2. The van der Waals surface area contributed by atoms with E-state index in [1.54, 1.807) is 18.2 Å². The van der Waals surface area contributed by atoms with Gasteiger partial charge in [0, 0.05) is 13.1 Å². The molecule has 13 heavy (non-hydrogen) atoms. The molecule has 1 aliphatic carbocycles. The van der Waals surface area contributed by atoms with Crippen molar-refractivity contribution in [2.24, 2.45) is 11.8 Å². The Hall–Kier alpha value is -0.0900. The lowest BCUT2D eigenvalue weighted by atomic mass is 9.77. The number of rotatable bonds is 2. The van der Waals surface area contributed by atoms with Crippen molar-refractivity contribution in [1.82, 2.24) is 4.31 Å². The van der Waals surface area contributed by atoms with Gasteiger partial charge in [-0.1, -0.05) is 0 Å². The van der Waals surface area contributed by atoms with Crippen molar-refractivity contribution in [3.63, 3.8) is 0 Å². The van der Waals surface area contributed by atoms with Crippen LogP contribution >= 0.6 is 0 Å². The van der Waals surface area contributed by atoms with Crippen LogP contribution in [0.5, 0.6) is 0 Å². The lowest BCUT2D eigenvalue weighted by Crippen LogP contribution is -2.34. The molecule has 3 nitrogen and oxygen atoms in total. The zero-order chi connectivity index (χ0) is 9.64. The van der Waals surface area contributed by atoms with Gasteiger partial charge >= 0.3 is 0 Å². The smallest absolute Gasteiger partial charge is 0.212 e. The molecule has 1 saturated carbocycles. The molecule has 4 heteroatoms. The predicted octanol–water partition coefficient (Wildman–Crippen LogP) is 1.07. The maximum Gasteiger partial charge on any atom is 0.216 e. The summed E-state index contributed by atoms with van der Waals surface area (Å²) >= 11 is 0. The van der Waals surface area contributed by atoms with Crippen molar-refractivity contribution in [3.8, 4) is 0 Å². The second-order valence-corrected chi connectivity index (χ2v) is 7.00. The van der Waals surface area contributed by atoms with E-state index >= 15 is 0 Å². The summed E-state index contributed by atoms with van der Waals surface area (Å²) in [7, 11) is -2.97. The van der Waals surface area contributed by atoms with E-state index in [0.717, 1.165) is 13.1 Å². The van der Waals surface area contributed by atoms with Gasteiger partial charge < -0.3 is 0 Å². The van der Waals surface area contributed by atoms with Gasteiger partial charge in [-0.2, -0.15) is 0 Å². The maximum absolute atomic E-state index is 11.8. The molecule has 0 bridgehead atoms. The molecule has 0 aromatic rings. The summed E-state index contributed by atoms with van der Waals surface area (Å²) in [5, 5.41) is -0.259. The third-order valence-corrected chi connectivity index (χ3v) is 5.62. The maximum atomic E-state index is 11.8. The Kier molecular flexibility index (Phi) is 2.15. The Balaban J connectivity index is 2.10. The van der Waals surface area contributed by atoms with Gasteiger partial charge in [0.2, 0.25) is 10.0 Å². The zero-order valence-corrected chi connectivity index (χ0v) is 9.05. The Labute approximate surface area is 80.2 Å². The highest BCUT2D eigenvalue weighted by Crippen LogP contribution is 2.41. The van der Waals surface area contributed by atoms with Crippen molar-refractivity contribution < 1.29 is 8.42 Å². The van der Waals surface area contributed by atoms with Crippen LogP contribution in [0.2, 0.25) is 0 Å². The number of fused-ring (bicyclic) bond motifs is 1. The molecule has 0 spiro atoms. The topological polar surface area (TPSA) is 37.4 Å². The molecule has 0 aromatic heterocycles. The fraction of sp³-hybridized carbons (Fsp3) is 1.00. The van der Waals surface area contributed by atoms with Crippen LogP contribution in [0.25, 0.3) is 0 Å². The fourth-order valence-electron chi connectivity index (χ4n) is 2.22. The van der Waals surface area contributed by atoms with Crippen LogP contribution in [0.1, 0.15) is 26.7 Å². The van der Waals surface area contributed by atoms with Gasteiger partial charge in [0.05, 0.1) is 5.25 Å². The van der Waals surface area contributed by atoms with Crippen LogP contribution < -0.4 is 0 Å². The van der Waals surface area contributed by atoms with E-state index in [2.05, 4.69) is 0 Å². The van der Waals surface area contributed by atoms with Gasteiger partial charge in [-0.25, -0.2) is 12.7 Å². The average molecular weight is 203 g/mol. The summed E-state index contributed by atoms with van der Waals surface area (Å²) in [5.74, 6) is 1.35. The molecule has 0 N–H and O–H groups in total. The van der Waals surface area contributed by atoms with Gasteiger partial charge in [0.1, 0.15) is 0 Å². The van der Waals surface area contributed by atoms with Gasteiger partial charge in [-0.3, -0.25) is 0 Å². The summed E-state index contributed by atoms with van der Waals surface area (Å²) in [6, 6.07) is 0. The summed E-state index contributed by atoms with van der Waals surface area (Å²) in [4.78, 5) is 0. The Bertz CT molecular complexity index is 285.